The Morgan fingerprint density at radius 1 is 0.550 bits per heavy atom. The van der Waals surface area contributed by atoms with Gasteiger partial charge in [-0.2, -0.15) is 9.97 Å². The summed E-state index contributed by atoms with van der Waals surface area (Å²) in [5.41, 5.74) is 5.08. The quantitative estimate of drug-likeness (QED) is 0.241. The number of sulfonamides is 2. The number of hydrogen-bond acceptors (Lipinski definition) is 8. The lowest BCUT2D eigenvalue weighted by Crippen LogP contribution is -2.13. The Hall–Kier alpha value is -4.68. The first kappa shape index (κ1) is 25.6. The number of hydrogen-bond donors (Lipinski definition) is 2. The van der Waals surface area contributed by atoms with Gasteiger partial charge < -0.3 is 8.83 Å². The summed E-state index contributed by atoms with van der Waals surface area (Å²) in [5.74, 6) is 0. The van der Waals surface area contributed by atoms with Gasteiger partial charge in [-0.25, -0.2) is 26.3 Å². The van der Waals surface area contributed by atoms with E-state index in [1.165, 1.54) is 24.3 Å². The fourth-order valence-electron chi connectivity index (χ4n) is 4.08. The maximum Gasteiger partial charge on any atom is 0.309 e. The lowest BCUT2D eigenvalue weighted by atomic mass is 10.1. The van der Waals surface area contributed by atoms with Gasteiger partial charge in [-0.15, -0.1) is 0 Å². The molecule has 0 aliphatic carbocycles. The van der Waals surface area contributed by atoms with Gasteiger partial charge in [0.05, 0.1) is 9.79 Å². The summed E-state index contributed by atoms with van der Waals surface area (Å²) in [5, 5.41) is 0. The third-order valence-corrected chi connectivity index (χ3v) is 8.89. The van der Waals surface area contributed by atoms with Crippen molar-refractivity contribution in [1.29, 1.82) is 0 Å². The Balaban J connectivity index is 1.25. The van der Waals surface area contributed by atoms with Gasteiger partial charge in [0.2, 0.25) is 0 Å². The van der Waals surface area contributed by atoms with Crippen LogP contribution in [0.25, 0.3) is 33.3 Å². The van der Waals surface area contributed by atoms with Crippen molar-refractivity contribution in [2.24, 2.45) is 0 Å². The number of nitrogens with zero attached hydrogens (tertiary/aromatic N) is 2. The SMILES string of the molecule is Cc1ccc(S(=O)(=O)Nc2nc3ccc(-c4ccc5nc(NS(=O)(=O)c6ccc(C)cc6)oc5c4)cc3o2)cc1. The van der Waals surface area contributed by atoms with Crippen LogP contribution >= 0.6 is 0 Å². The van der Waals surface area contributed by atoms with E-state index in [0.717, 1.165) is 22.3 Å². The molecule has 0 amide bonds. The highest BCUT2D eigenvalue weighted by Gasteiger charge is 2.19. The zero-order valence-corrected chi connectivity index (χ0v) is 22.9. The number of oxazole rings is 2. The third kappa shape index (κ3) is 5.01. The molecule has 0 unspecified atom stereocenters. The molecule has 2 aromatic heterocycles. The maximum atomic E-state index is 12.7. The fraction of sp³-hybridized carbons (Fsp3) is 0.0714. The molecule has 202 valence electrons. The Morgan fingerprint density at radius 2 is 0.925 bits per heavy atom. The molecule has 0 fully saturated rings. The highest BCUT2D eigenvalue weighted by molar-refractivity contribution is 7.93. The lowest BCUT2D eigenvalue weighted by Gasteiger charge is -2.04. The van der Waals surface area contributed by atoms with Crippen molar-refractivity contribution in [2.45, 2.75) is 23.6 Å². The van der Waals surface area contributed by atoms with Crippen LogP contribution in [0.1, 0.15) is 11.1 Å². The van der Waals surface area contributed by atoms with Gasteiger partial charge in [-0.1, -0.05) is 47.5 Å². The summed E-state index contributed by atoms with van der Waals surface area (Å²) < 4.78 is 67.0. The van der Waals surface area contributed by atoms with E-state index in [-0.39, 0.29) is 21.8 Å². The van der Waals surface area contributed by atoms with Gasteiger partial charge in [-0.05, 0) is 73.5 Å². The second kappa shape index (κ2) is 9.50. The second-order valence-corrected chi connectivity index (χ2v) is 12.6. The van der Waals surface area contributed by atoms with Crippen LogP contribution in [0, 0.1) is 13.8 Å². The van der Waals surface area contributed by atoms with E-state index in [9.17, 15) is 16.8 Å². The van der Waals surface area contributed by atoms with Crippen molar-refractivity contribution in [2.75, 3.05) is 9.44 Å². The first-order valence-corrected chi connectivity index (χ1v) is 15.0. The average Bonchev–Trinajstić information content (AvgIpc) is 3.49. The molecule has 40 heavy (non-hydrogen) atoms. The molecule has 6 rings (SSSR count). The van der Waals surface area contributed by atoms with Gasteiger partial charge in [0.15, 0.2) is 11.2 Å². The summed E-state index contributed by atoms with van der Waals surface area (Å²) in [6.07, 6.45) is 0. The van der Waals surface area contributed by atoms with Gasteiger partial charge in [0, 0.05) is 0 Å². The molecule has 0 saturated carbocycles. The second-order valence-electron chi connectivity index (χ2n) is 9.24. The molecule has 6 aromatic rings. The predicted octanol–water partition coefficient (Wildman–Crippen LogP) is 5.85. The maximum absolute atomic E-state index is 12.7. The van der Waals surface area contributed by atoms with E-state index in [4.69, 9.17) is 8.83 Å². The monoisotopic (exact) mass is 574 g/mol. The Morgan fingerprint density at radius 3 is 1.30 bits per heavy atom. The van der Waals surface area contributed by atoms with Gasteiger partial charge in [0.1, 0.15) is 11.0 Å². The molecule has 12 heteroatoms. The van der Waals surface area contributed by atoms with Gasteiger partial charge in [0.25, 0.3) is 20.0 Å². The summed E-state index contributed by atoms with van der Waals surface area (Å²) in [6.45, 7) is 3.74. The number of anilines is 2. The van der Waals surface area contributed by atoms with Crippen molar-refractivity contribution in [3.05, 3.63) is 96.1 Å². The molecule has 2 N–H and O–H groups in total. The third-order valence-electron chi connectivity index (χ3n) is 6.22. The number of fused-ring (bicyclic) bond motifs is 2. The Labute approximate surface area is 229 Å². The van der Waals surface area contributed by atoms with Crippen molar-refractivity contribution in [3.8, 4) is 11.1 Å². The highest BCUT2D eigenvalue weighted by atomic mass is 32.2. The molecule has 0 bridgehead atoms. The molecule has 4 aromatic carbocycles. The van der Waals surface area contributed by atoms with Crippen molar-refractivity contribution >= 4 is 54.3 Å². The fourth-order valence-corrected chi connectivity index (χ4v) is 5.94. The van der Waals surface area contributed by atoms with Crippen LogP contribution in [-0.4, -0.2) is 26.8 Å². The summed E-state index contributed by atoms with van der Waals surface area (Å²) in [6, 6.07) is 23.1. The van der Waals surface area contributed by atoms with E-state index in [1.54, 1.807) is 48.5 Å². The van der Waals surface area contributed by atoms with Crippen LogP contribution in [0.5, 0.6) is 0 Å². The molecule has 0 aliphatic heterocycles. The van der Waals surface area contributed by atoms with Gasteiger partial charge in [-0.3, -0.25) is 0 Å². The zero-order valence-electron chi connectivity index (χ0n) is 21.2. The summed E-state index contributed by atoms with van der Waals surface area (Å²) in [7, 11) is -7.74. The minimum Gasteiger partial charge on any atom is -0.423 e. The van der Waals surface area contributed by atoms with Crippen LogP contribution in [-0.2, 0) is 20.0 Å². The first-order valence-electron chi connectivity index (χ1n) is 12.1. The summed E-state index contributed by atoms with van der Waals surface area (Å²) >= 11 is 0. The van der Waals surface area contributed by atoms with E-state index in [1.807, 2.05) is 26.0 Å². The van der Waals surface area contributed by atoms with E-state index < -0.39 is 20.0 Å². The van der Waals surface area contributed by atoms with Crippen LogP contribution in [0.3, 0.4) is 0 Å². The normalized spacial score (nSPS) is 12.2. The van der Waals surface area contributed by atoms with Crippen molar-refractivity contribution in [3.63, 3.8) is 0 Å². The molecule has 0 atom stereocenters. The Bertz CT molecular complexity index is 1950. The number of aryl methyl sites for hydroxylation is 2. The predicted molar refractivity (Wildman–Crippen MR) is 151 cm³/mol. The standard InChI is InChI=1S/C28H22N4O6S2/c1-17-3-9-21(10-4-17)39(33,34)31-27-29-23-13-7-19(15-25(23)37-27)20-8-14-24-26(16-20)38-28(30-24)32-40(35,36)22-11-5-18(2)6-12-22/h3-16H,1-2H3,(H,29,31)(H,30,32). The topological polar surface area (TPSA) is 144 Å². The smallest absolute Gasteiger partial charge is 0.309 e. The molecular formula is C28H22N4O6S2. The van der Waals surface area contributed by atoms with Crippen LogP contribution in [0.4, 0.5) is 12.0 Å². The number of aromatic nitrogens is 2. The van der Waals surface area contributed by atoms with E-state index in [2.05, 4.69) is 19.4 Å². The molecule has 0 aliphatic rings. The number of rotatable bonds is 7. The largest absolute Gasteiger partial charge is 0.423 e. The minimum atomic E-state index is -3.87. The van der Waals surface area contributed by atoms with E-state index >= 15 is 0 Å². The van der Waals surface area contributed by atoms with Crippen molar-refractivity contribution < 1.29 is 25.7 Å². The number of benzene rings is 4. The molecular weight excluding hydrogens is 552 g/mol. The molecule has 10 nitrogen and oxygen atoms in total. The van der Waals surface area contributed by atoms with Crippen LogP contribution in [0.2, 0.25) is 0 Å². The average molecular weight is 575 g/mol. The minimum absolute atomic E-state index is 0.0990. The molecule has 2 heterocycles. The summed E-state index contributed by atoms with van der Waals surface area (Å²) in [4.78, 5) is 8.68. The zero-order chi connectivity index (χ0) is 28.1. The highest BCUT2D eigenvalue weighted by Crippen LogP contribution is 2.31. The Kier molecular flexibility index (Phi) is 6.08. The van der Waals surface area contributed by atoms with E-state index in [0.29, 0.717) is 22.2 Å². The van der Waals surface area contributed by atoms with Crippen LogP contribution < -0.4 is 9.44 Å². The number of nitrogens with one attached hydrogen (secondary N) is 2. The van der Waals surface area contributed by atoms with Crippen molar-refractivity contribution in [1.82, 2.24) is 9.97 Å². The lowest BCUT2D eigenvalue weighted by molar-refractivity contribution is 0.589. The van der Waals surface area contributed by atoms with Gasteiger partial charge >= 0.3 is 12.0 Å². The molecule has 0 saturated heterocycles. The molecule has 0 radical (unpaired) electrons. The van der Waals surface area contributed by atoms with Crippen LogP contribution in [0.15, 0.2) is 104 Å². The molecule has 0 spiro atoms. The first-order chi connectivity index (χ1) is 19.1.